The van der Waals surface area contributed by atoms with E-state index in [1.165, 1.54) is 0 Å². The van der Waals surface area contributed by atoms with Gasteiger partial charge in [-0.1, -0.05) is 0 Å². The number of anilines is 1. The molecule has 1 aromatic rings. The molecule has 0 heterocycles. The molecule has 1 aromatic carbocycles. The van der Waals surface area contributed by atoms with Crippen LogP contribution >= 0.6 is 11.6 Å². The molecule has 0 aliphatic heterocycles. The van der Waals surface area contributed by atoms with Crippen molar-refractivity contribution in [1.29, 1.82) is 0 Å². The molecule has 0 spiro atoms. The monoisotopic (exact) mass is 283 g/mol. The van der Waals surface area contributed by atoms with Crippen LogP contribution in [0.4, 0.5) is 23.2 Å². The molecule has 0 saturated heterocycles. The summed E-state index contributed by atoms with van der Waals surface area (Å²) in [5.41, 5.74) is -0.850. The Labute approximate surface area is 108 Å². The lowest BCUT2D eigenvalue weighted by atomic mass is 10.1. The number of halogens is 5. The van der Waals surface area contributed by atoms with Gasteiger partial charge >= 0.3 is 6.18 Å². The summed E-state index contributed by atoms with van der Waals surface area (Å²) in [7, 11) is 0. The molecule has 0 amide bonds. The Balaban J connectivity index is 3.11. The molecule has 0 N–H and O–H groups in total. The van der Waals surface area contributed by atoms with E-state index >= 15 is 0 Å². The number of rotatable bonds is 4. The Morgan fingerprint density at radius 2 is 1.89 bits per heavy atom. The van der Waals surface area contributed by atoms with Gasteiger partial charge in [-0.25, -0.2) is 4.39 Å². The number of hydrogen-bond donors (Lipinski definition) is 0. The second kappa shape index (κ2) is 5.78. The van der Waals surface area contributed by atoms with Crippen LogP contribution in [0.1, 0.15) is 19.4 Å². The summed E-state index contributed by atoms with van der Waals surface area (Å²) in [6, 6.07) is 2.49. The first kappa shape index (κ1) is 15.1. The van der Waals surface area contributed by atoms with Gasteiger partial charge in [0.2, 0.25) is 0 Å². The zero-order chi connectivity index (χ0) is 13.9. The maximum atomic E-state index is 13.7. The average molecular weight is 284 g/mol. The van der Waals surface area contributed by atoms with Gasteiger partial charge < -0.3 is 4.90 Å². The molecule has 0 bridgehead atoms. The van der Waals surface area contributed by atoms with Crippen molar-refractivity contribution in [3.05, 3.63) is 29.6 Å². The first-order chi connectivity index (χ1) is 8.27. The maximum Gasteiger partial charge on any atom is 0.416 e. The summed E-state index contributed by atoms with van der Waals surface area (Å²) in [4.78, 5) is 1.63. The highest BCUT2D eigenvalue weighted by molar-refractivity contribution is 6.18. The van der Waals surface area contributed by atoms with Crippen molar-refractivity contribution < 1.29 is 17.6 Å². The van der Waals surface area contributed by atoms with E-state index in [1.807, 2.05) is 13.8 Å². The van der Waals surface area contributed by atoms with Crippen molar-refractivity contribution in [3.63, 3.8) is 0 Å². The molecular weight excluding hydrogens is 270 g/mol. The fourth-order valence-electron chi connectivity index (χ4n) is 1.66. The minimum atomic E-state index is -4.53. The molecular formula is C12H14ClF4N. The van der Waals surface area contributed by atoms with Gasteiger partial charge in [-0.15, -0.1) is 11.6 Å². The van der Waals surface area contributed by atoms with Crippen molar-refractivity contribution in [2.24, 2.45) is 0 Å². The van der Waals surface area contributed by atoms with Crippen molar-refractivity contribution in [2.45, 2.75) is 26.1 Å². The zero-order valence-electron chi connectivity index (χ0n) is 10.1. The van der Waals surface area contributed by atoms with Crippen molar-refractivity contribution in [2.75, 3.05) is 17.3 Å². The van der Waals surface area contributed by atoms with Crippen LogP contribution in [-0.2, 0) is 6.18 Å². The molecule has 0 unspecified atom stereocenters. The number of benzene rings is 1. The molecule has 102 valence electrons. The van der Waals surface area contributed by atoms with Crippen LogP contribution in [0, 0.1) is 5.82 Å². The molecule has 1 nitrogen and oxygen atoms in total. The summed E-state index contributed by atoms with van der Waals surface area (Å²) < 4.78 is 50.9. The van der Waals surface area contributed by atoms with E-state index in [0.717, 1.165) is 12.1 Å². The largest absolute Gasteiger partial charge is 0.416 e. The average Bonchev–Trinajstić information content (AvgIpc) is 2.24. The second-order valence-corrected chi connectivity index (χ2v) is 4.52. The van der Waals surface area contributed by atoms with Crippen molar-refractivity contribution >= 4 is 17.3 Å². The summed E-state index contributed by atoms with van der Waals surface area (Å²) in [5.74, 6) is -0.609. The van der Waals surface area contributed by atoms with E-state index in [9.17, 15) is 17.6 Å². The molecule has 0 radical (unpaired) electrons. The van der Waals surface area contributed by atoms with Crippen LogP contribution in [0.25, 0.3) is 0 Å². The molecule has 0 atom stereocenters. The minimum absolute atomic E-state index is 0.0463. The lowest BCUT2D eigenvalue weighted by Gasteiger charge is -2.28. The Kier molecular flexibility index (Phi) is 4.85. The van der Waals surface area contributed by atoms with Gasteiger partial charge in [0.1, 0.15) is 5.82 Å². The number of alkyl halides is 4. The predicted octanol–water partition coefficient (Wildman–Crippen LogP) is 4.30. The zero-order valence-corrected chi connectivity index (χ0v) is 10.8. The van der Waals surface area contributed by atoms with Gasteiger partial charge in [0.25, 0.3) is 0 Å². The highest BCUT2D eigenvalue weighted by Gasteiger charge is 2.31. The van der Waals surface area contributed by atoms with Crippen LogP contribution in [0.5, 0.6) is 0 Å². The van der Waals surface area contributed by atoms with Crippen molar-refractivity contribution in [3.8, 4) is 0 Å². The van der Waals surface area contributed by atoms with Crippen LogP contribution in [0.3, 0.4) is 0 Å². The van der Waals surface area contributed by atoms with Crippen LogP contribution in [0.15, 0.2) is 18.2 Å². The third-order valence-electron chi connectivity index (χ3n) is 2.53. The van der Waals surface area contributed by atoms with Gasteiger partial charge in [-0.05, 0) is 32.0 Å². The topological polar surface area (TPSA) is 3.24 Å². The Morgan fingerprint density at radius 3 is 2.28 bits per heavy atom. The maximum absolute atomic E-state index is 13.7. The number of nitrogens with zero attached hydrogens (tertiary/aromatic N) is 1. The molecule has 0 fully saturated rings. The van der Waals surface area contributed by atoms with Crippen LogP contribution in [0.2, 0.25) is 0 Å². The first-order valence-corrected chi connectivity index (χ1v) is 6.00. The Hall–Kier alpha value is -0.970. The predicted molar refractivity (Wildman–Crippen MR) is 64.6 cm³/mol. The van der Waals surface area contributed by atoms with E-state index in [-0.39, 0.29) is 17.6 Å². The first-order valence-electron chi connectivity index (χ1n) is 5.46. The normalized spacial score (nSPS) is 12.0. The van der Waals surface area contributed by atoms with E-state index in [0.29, 0.717) is 12.6 Å². The molecule has 0 aliphatic rings. The van der Waals surface area contributed by atoms with E-state index in [2.05, 4.69) is 0 Å². The molecule has 0 aliphatic carbocycles. The minimum Gasteiger partial charge on any atom is -0.366 e. The van der Waals surface area contributed by atoms with Gasteiger partial charge in [0, 0.05) is 18.5 Å². The molecule has 0 saturated carbocycles. The Morgan fingerprint density at radius 1 is 1.28 bits per heavy atom. The summed E-state index contributed by atoms with van der Waals surface area (Å²) in [5, 5.41) is 0. The fourth-order valence-corrected chi connectivity index (χ4v) is 1.85. The second-order valence-electron chi connectivity index (χ2n) is 4.14. The molecule has 18 heavy (non-hydrogen) atoms. The lowest BCUT2D eigenvalue weighted by molar-refractivity contribution is -0.137. The van der Waals surface area contributed by atoms with E-state index in [4.69, 9.17) is 11.6 Å². The standard InChI is InChI=1S/C12H14ClF4N/c1-8(2)18(6-5-13)11-4-3-9(7-10(11)14)12(15,16)17/h3-4,7-8H,5-6H2,1-2H3. The van der Waals surface area contributed by atoms with E-state index < -0.39 is 17.6 Å². The smallest absolute Gasteiger partial charge is 0.366 e. The quantitative estimate of drug-likeness (QED) is 0.588. The van der Waals surface area contributed by atoms with Gasteiger partial charge in [0.05, 0.1) is 11.3 Å². The van der Waals surface area contributed by atoms with Crippen molar-refractivity contribution in [1.82, 2.24) is 0 Å². The van der Waals surface area contributed by atoms with Gasteiger partial charge in [0.15, 0.2) is 0 Å². The van der Waals surface area contributed by atoms with Gasteiger partial charge in [-0.3, -0.25) is 0 Å². The fraction of sp³-hybridized carbons (Fsp3) is 0.500. The third-order valence-corrected chi connectivity index (χ3v) is 2.70. The SMILES string of the molecule is CC(C)N(CCCl)c1ccc(C(F)(F)F)cc1F. The summed E-state index contributed by atoms with van der Waals surface area (Å²) >= 11 is 5.60. The van der Waals surface area contributed by atoms with Crippen LogP contribution < -0.4 is 4.90 Å². The highest BCUT2D eigenvalue weighted by Crippen LogP contribution is 2.32. The molecule has 0 aromatic heterocycles. The molecule has 6 heteroatoms. The highest BCUT2D eigenvalue weighted by atomic mass is 35.5. The van der Waals surface area contributed by atoms with Crippen LogP contribution in [-0.4, -0.2) is 18.5 Å². The van der Waals surface area contributed by atoms with E-state index in [1.54, 1.807) is 4.90 Å². The third kappa shape index (κ3) is 3.51. The number of hydrogen-bond acceptors (Lipinski definition) is 1. The Bertz CT molecular complexity index is 404. The summed E-state index contributed by atoms with van der Waals surface area (Å²) in [6.07, 6.45) is -4.53. The molecule has 1 rings (SSSR count). The van der Waals surface area contributed by atoms with Gasteiger partial charge in [-0.2, -0.15) is 13.2 Å². The summed E-state index contributed by atoms with van der Waals surface area (Å²) in [6.45, 7) is 4.02. The lowest BCUT2D eigenvalue weighted by Crippen LogP contribution is -2.33.